The molecule has 0 aliphatic heterocycles. The van der Waals surface area contributed by atoms with E-state index in [9.17, 15) is 0 Å². The van der Waals surface area contributed by atoms with Crippen molar-refractivity contribution in [3.05, 3.63) is 40.8 Å². The van der Waals surface area contributed by atoms with Gasteiger partial charge in [-0.05, 0) is 49.6 Å². The number of nitrogens with zero attached hydrogens (tertiary/aromatic N) is 1. The predicted octanol–water partition coefficient (Wildman–Crippen LogP) is 4.72. The average molecular weight is 288 g/mol. The van der Waals surface area contributed by atoms with Crippen LogP contribution in [0.1, 0.15) is 39.2 Å². The molecule has 1 aromatic heterocycles. The highest BCUT2D eigenvalue weighted by atomic mass is 32.1. The van der Waals surface area contributed by atoms with Gasteiger partial charge in [0.15, 0.2) is 0 Å². The Morgan fingerprint density at radius 1 is 1.10 bits per heavy atom. The Kier molecular flexibility index (Phi) is 4.55. The van der Waals surface area contributed by atoms with Crippen molar-refractivity contribution in [2.24, 2.45) is 0 Å². The van der Waals surface area contributed by atoms with Crippen LogP contribution in [0.15, 0.2) is 30.6 Å². The molecule has 106 valence electrons. The molecule has 1 N–H and O–H groups in total. The largest absolute Gasteiger partial charge is 0.491 e. The average Bonchev–Trinajstić information content (AvgIpc) is 2.38. The molecule has 0 saturated heterocycles. The fraction of sp³-hybridized carbons (Fsp3) is 0.375. The second-order valence-corrected chi connectivity index (χ2v) is 5.73. The Balaban J connectivity index is 2.42. The van der Waals surface area contributed by atoms with Gasteiger partial charge >= 0.3 is 0 Å². The minimum atomic E-state index is 0.179. The Hall–Kier alpha value is -1.68. The standard InChI is InChI=1S/C16H20N2OS/c1-10(2)14-15(17-9-18-16(14)20)12-5-7-13(8-6-12)19-11(3)4/h5-11H,1-4H3,(H,17,18,20). The topological polar surface area (TPSA) is 37.9 Å². The maximum Gasteiger partial charge on any atom is 0.133 e. The molecule has 0 unspecified atom stereocenters. The van der Waals surface area contributed by atoms with E-state index in [2.05, 4.69) is 23.8 Å². The third-order valence-electron chi connectivity index (χ3n) is 2.98. The molecule has 1 heterocycles. The van der Waals surface area contributed by atoms with Crippen molar-refractivity contribution in [3.63, 3.8) is 0 Å². The Labute approximate surface area is 125 Å². The van der Waals surface area contributed by atoms with Gasteiger partial charge in [0.05, 0.1) is 18.1 Å². The summed E-state index contributed by atoms with van der Waals surface area (Å²) in [5.41, 5.74) is 3.22. The van der Waals surface area contributed by atoms with Gasteiger partial charge in [-0.15, -0.1) is 0 Å². The molecule has 0 aliphatic carbocycles. The molecule has 1 aromatic carbocycles. The van der Waals surface area contributed by atoms with Gasteiger partial charge in [0.25, 0.3) is 0 Å². The van der Waals surface area contributed by atoms with Gasteiger partial charge in [0.2, 0.25) is 0 Å². The van der Waals surface area contributed by atoms with Crippen LogP contribution in [-0.4, -0.2) is 16.1 Å². The highest BCUT2D eigenvalue weighted by Gasteiger charge is 2.11. The van der Waals surface area contributed by atoms with Crippen LogP contribution in [0.25, 0.3) is 11.3 Å². The molecule has 4 heteroatoms. The molecule has 0 spiro atoms. The van der Waals surface area contributed by atoms with Crippen molar-refractivity contribution in [2.75, 3.05) is 0 Å². The first-order chi connectivity index (χ1) is 9.49. The lowest BCUT2D eigenvalue weighted by atomic mass is 9.99. The number of hydrogen-bond donors (Lipinski definition) is 1. The summed E-state index contributed by atoms with van der Waals surface area (Å²) in [5, 5.41) is 0. The van der Waals surface area contributed by atoms with Crippen LogP contribution in [0, 0.1) is 4.64 Å². The second kappa shape index (κ2) is 6.18. The third-order valence-corrected chi connectivity index (χ3v) is 3.31. The molecule has 0 atom stereocenters. The molecule has 0 radical (unpaired) electrons. The van der Waals surface area contributed by atoms with Gasteiger partial charge in [0, 0.05) is 5.56 Å². The van der Waals surface area contributed by atoms with Crippen LogP contribution >= 0.6 is 12.2 Å². The number of H-pyrrole nitrogens is 1. The van der Waals surface area contributed by atoms with Crippen LogP contribution in [0.2, 0.25) is 0 Å². The van der Waals surface area contributed by atoms with E-state index in [0.29, 0.717) is 10.6 Å². The summed E-state index contributed by atoms with van der Waals surface area (Å²) in [7, 11) is 0. The number of ether oxygens (including phenoxy) is 1. The molecule has 3 nitrogen and oxygen atoms in total. The molecule has 20 heavy (non-hydrogen) atoms. The maximum absolute atomic E-state index is 5.66. The van der Waals surface area contributed by atoms with Crippen LogP contribution in [0.5, 0.6) is 5.75 Å². The van der Waals surface area contributed by atoms with E-state index in [1.807, 2.05) is 38.1 Å². The lowest BCUT2D eigenvalue weighted by Gasteiger charge is -2.14. The zero-order valence-corrected chi connectivity index (χ0v) is 13.1. The quantitative estimate of drug-likeness (QED) is 0.827. The fourth-order valence-corrected chi connectivity index (χ4v) is 2.55. The normalized spacial score (nSPS) is 11.1. The van der Waals surface area contributed by atoms with Gasteiger partial charge in [-0.25, -0.2) is 4.98 Å². The van der Waals surface area contributed by atoms with Crippen LogP contribution in [0.4, 0.5) is 0 Å². The van der Waals surface area contributed by atoms with Gasteiger partial charge in [-0.2, -0.15) is 0 Å². The zero-order valence-electron chi connectivity index (χ0n) is 12.3. The van der Waals surface area contributed by atoms with Crippen molar-refractivity contribution in [2.45, 2.75) is 39.7 Å². The number of hydrogen-bond acceptors (Lipinski definition) is 3. The first kappa shape index (κ1) is 14.7. The van der Waals surface area contributed by atoms with Gasteiger partial charge < -0.3 is 9.72 Å². The third kappa shape index (κ3) is 3.25. The van der Waals surface area contributed by atoms with Crippen molar-refractivity contribution < 1.29 is 4.74 Å². The summed E-state index contributed by atoms with van der Waals surface area (Å²) in [6, 6.07) is 8.06. The SMILES string of the molecule is CC(C)Oc1ccc(-c2[nH]cnc(=S)c2C(C)C)cc1. The smallest absolute Gasteiger partial charge is 0.133 e. The predicted molar refractivity (Wildman–Crippen MR) is 84.7 cm³/mol. The summed E-state index contributed by atoms with van der Waals surface area (Å²) in [6.45, 7) is 8.29. The fourth-order valence-electron chi connectivity index (χ4n) is 2.16. The first-order valence-corrected chi connectivity index (χ1v) is 7.24. The number of rotatable bonds is 4. The molecule has 0 amide bonds. The van der Waals surface area contributed by atoms with Crippen molar-refractivity contribution in [1.29, 1.82) is 0 Å². The van der Waals surface area contributed by atoms with E-state index in [1.165, 1.54) is 0 Å². The summed E-state index contributed by atoms with van der Waals surface area (Å²) < 4.78 is 6.33. The number of nitrogens with one attached hydrogen (secondary N) is 1. The van der Waals surface area contributed by atoms with E-state index in [1.54, 1.807) is 6.33 Å². The molecule has 0 aliphatic rings. The minimum Gasteiger partial charge on any atom is -0.491 e. The van der Waals surface area contributed by atoms with Gasteiger partial charge in [0.1, 0.15) is 10.4 Å². The first-order valence-electron chi connectivity index (χ1n) is 6.83. The molecule has 0 bridgehead atoms. The number of aromatic amines is 1. The molecular formula is C16H20N2OS. The molecule has 0 fully saturated rings. The van der Waals surface area contributed by atoms with Crippen molar-refractivity contribution in [1.82, 2.24) is 9.97 Å². The monoisotopic (exact) mass is 288 g/mol. The van der Waals surface area contributed by atoms with Gasteiger partial charge in [-0.3, -0.25) is 0 Å². The molecule has 2 rings (SSSR count). The van der Waals surface area contributed by atoms with E-state index >= 15 is 0 Å². The Morgan fingerprint density at radius 3 is 2.30 bits per heavy atom. The van der Waals surface area contributed by atoms with E-state index in [-0.39, 0.29) is 6.10 Å². The highest BCUT2D eigenvalue weighted by Crippen LogP contribution is 2.28. The Morgan fingerprint density at radius 2 is 1.75 bits per heavy atom. The van der Waals surface area contributed by atoms with E-state index in [0.717, 1.165) is 22.6 Å². The van der Waals surface area contributed by atoms with Gasteiger partial charge in [-0.1, -0.05) is 26.1 Å². The lowest BCUT2D eigenvalue weighted by molar-refractivity contribution is 0.242. The van der Waals surface area contributed by atoms with E-state index < -0.39 is 0 Å². The van der Waals surface area contributed by atoms with Crippen molar-refractivity contribution in [3.8, 4) is 17.0 Å². The van der Waals surface area contributed by atoms with E-state index in [4.69, 9.17) is 17.0 Å². The number of aromatic nitrogens is 2. The molecular weight excluding hydrogens is 268 g/mol. The highest BCUT2D eigenvalue weighted by molar-refractivity contribution is 7.71. The van der Waals surface area contributed by atoms with Crippen molar-refractivity contribution >= 4 is 12.2 Å². The van der Waals surface area contributed by atoms with Crippen LogP contribution < -0.4 is 4.74 Å². The summed E-state index contributed by atoms with van der Waals surface area (Å²) in [4.78, 5) is 7.40. The van der Waals surface area contributed by atoms with Crippen LogP contribution in [0.3, 0.4) is 0 Å². The lowest BCUT2D eigenvalue weighted by Crippen LogP contribution is -2.05. The minimum absolute atomic E-state index is 0.179. The molecule has 2 aromatic rings. The molecule has 0 saturated carbocycles. The summed E-state index contributed by atoms with van der Waals surface area (Å²) in [5.74, 6) is 1.21. The zero-order chi connectivity index (χ0) is 14.7. The number of benzene rings is 1. The maximum atomic E-state index is 5.66. The summed E-state index contributed by atoms with van der Waals surface area (Å²) in [6.07, 6.45) is 1.83. The summed E-state index contributed by atoms with van der Waals surface area (Å²) >= 11 is 5.34. The Bertz CT molecular complexity index is 630. The van der Waals surface area contributed by atoms with Crippen LogP contribution in [-0.2, 0) is 0 Å². The second-order valence-electron chi connectivity index (χ2n) is 5.34.